The van der Waals surface area contributed by atoms with Gasteiger partial charge in [-0.15, -0.1) is 0 Å². The van der Waals surface area contributed by atoms with E-state index in [0.29, 0.717) is 5.56 Å². The molecular formula is C13H14FNO5S. The van der Waals surface area contributed by atoms with Crippen LogP contribution in [0.15, 0.2) is 28.7 Å². The van der Waals surface area contributed by atoms with E-state index in [1.165, 1.54) is 26.1 Å². The zero-order valence-corrected chi connectivity index (χ0v) is 12.2. The largest absolute Gasteiger partial charge is 0.502 e. The smallest absolute Gasteiger partial charge is 0.256 e. The van der Waals surface area contributed by atoms with Crippen molar-refractivity contribution >= 4 is 15.9 Å². The first-order valence-corrected chi connectivity index (χ1v) is 7.66. The third kappa shape index (κ3) is 2.66. The van der Waals surface area contributed by atoms with E-state index >= 15 is 0 Å². The van der Waals surface area contributed by atoms with Crippen LogP contribution < -0.4 is 4.31 Å². The van der Waals surface area contributed by atoms with Gasteiger partial charge in [0.05, 0.1) is 5.75 Å². The Labute approximate surface area is 121 Å². The summed E-state index contributed by atoms with van der Waals surface area (Å²) in [5.41, 5.74) is 0.303. The van der Waals surface area contributed by atoms with E-state index in [4.69, 9.17) is 4.42 Å². The summed E-state index contributed by atoms with van der Waals surface area (Å²) in [6.07, 6.45) is 0. The summed E-state index contributed by atoms with van der Waals surface area (Å²) < 4.78 is 42.4. The maximum atomic E-state index is 12.9. The van der Waals surface area contributed by atoms with Gasteiger partial charge in [-0.3, -0.25) is 0 Å². The van der Waals surface area contributed by atoms with Gasteiger partial charge in [0.25, 0.3) is 5.88 Å². The lowest BCUT2D eigenvalue weighted by atomic mass is 10.1. The monoisotopic (exact) mass is 315 g/mol. The molecule has 0 aliphatic rings. The number of anilines is 1. The molecule has 21 heavy (non-hydrogen) atoms. The number of sulfonamides is 1. The molecule has 0 aliphatic heterocycles. The van der Waals surface area contributed by atoms with Crippen molar-refractivity contribution in [3.63, 3.8) is 0 Å². The van der Waals surface area contributed by atoms with Crippen molar-refractivity contribution < 1.29 is 27.4 Å². The van der Waals surface area contributed by atoms with Crippen molar-refractivity contribution in [1.29, 1.82) is 0 Å². The van der Waals surface area contributed by atoms with E-state index in [0.717, 1.165) is 16.4 Å². The zero-order valence-electron chi connectivity index (χ0n) is 11.4. The second-order valence-electron chi connectivity index (χ2n) is 4.31. The van der Waals surface area contributed by atoms with Gasteiger partial charge >= 0.3 is 0 Å². The fourth-order valence-corrected chi connectivity index (χ4v) is 2.50. The number of nitrogens with zero attached hydrogens (tertiary/aromatic N) is 1. The van der Waals surface area contributed by atoms with Crippen LogP contribution in [-0.2, 0) is 10.0 Å². The molecule has 1 aromatic heterocycles. The molecule has 2 rings (SSSR count). The van der Waals surface area contributed by atoms with Gasteiger partial charge in [0.2, 0.25) is 21.5 Å². The number of rotatable bonds is 4. The van der Waals surface area contributed by atoms with Crippen molar-refractivity contribution in [2.45, 2.75) is 6.92 Å². The summed E-state index contributed by atoms with van der Waals surface area (Å²) in [7, 11) is -2.46. The van der Waals surface area contributed by atoms with Crippen molar-refractivity contribution in [3.8, 4) is 22.8 Å². The van der Waals surface area contributed by atoms with Crippen molar-refractivity contribution in [1.82, 2.24) is 0 Å². The van der Waals surface area contributed by atoms with Crippen molar-refractivity contribution in [3.05, 3.63) is 30.1 Å². The Morgan fingerprint density at radius 3 is 2.29 bits per heavy atom. The number of furan rings is 1. The third-order valence-electron chi connectivity index (χ3n) is 3.02. The molecule has 6 nitrogen and oxygen atoms in total. The summed E-state index contributed by atoms with van der Waals surface area (Å²) in [6, 6.07) is 4.98. The fraction of sp³-hybridized carbons (Fsp3) is 0.231. The van der Waals surface area contributed by atoms with E-state index in [-0.39, 0.29) is 11.5 Å². The summed E-state index contributed by atoms with van der Waals surface area (Å²) in [4.78, 5) is 0. The highest BCUT2D eigenvalue weighted by Crippen LogP contribution is 2.47. The quantitative estimate of drug-likeness (QED) is 0.903. The van der Waals surface area contributed by atoms with Gasteiger partial charge in [-0.25, -0.2) is 17.1 Å². The zero-order chi connectivity index (χ0) is 15.8. The lowest BCUT2D eigenvalue weighted by Crippen LogP contribution is -2.27. The maximum absolute atomic E-state index is 12.9. The van der Waals surface area contributed by atoms with E-state index in [1.54, 1.807) is 0 Å². The van der Waals surface area contributed by atoms with Gasteiger partial charge in [0.1, 0.15) is 5.82 Å². The topological polar surface area (TPSA) is 91.0 Å². The normalized spacial score (nSPS) is 11.6. The molecule has 0 saturated carbocycles. The second kappa shape index (κ2) is 5.28. The Balaban J connectivity index is 2.53. The number of hydrogen-bond acceptors (Lipinski definition) is 5. The predicted octanol–water partition coefficient (Wildman–Crippen LogP) is 2.28. The van der Waals surface area contributed by atoms with Gasteiger partial charge in [-0.2, -0.15) is 0 Å². The van der Waals surface area contributed by atoms with Crippen LogP contribution in [0.4, 0.5) is 10.3 Å². The van der Waals surface area contributed by atoms with E-state index in [1.807, 2.05) is 0 Å². The molecule has 0 bridgehead atoms. The molecule has 1 heterocycles. The number of aromatic hydroxyl groups is 2. The first-order valence-electron chi connectivity index (χ1n) is 6.05. The molecule has 2 aromatic rings. The molecule has 2 N–H and O–H groups in total. The average molecular weight is 315 g/mol. The Hall–Kier alpha value is -2.22. The Morgan fingerprint density at radius 1 is 1.19 bits per heavy atom. The number of hydrogen-bond donors (Lipinski definition) is 2. The summed E-state index contributed by atoms with van der Waals surface area (Å²) >= 11 is 0. The summed E-state index contributed by atoms with van der Waals surface area (Å²) in [5.74, 6) is -2.49. The number of benzene rings is 1. The van der Waals surface area contributed by atoms with Crippen LogP contribution in [0.5, 0.6) is 11.5 Å². The third-order valence-corrected chi connectivity index (χ3v) is 4.75. The fourth-order valence-electron chi connectivity index (χ4n) is 1.73. The standard InChI is InChI=1S/C13H14FNO5S/c1-3-21(18,19)15(2)13-11(17)10(16)12(20-13)8-4-6-9(14)7-5-8/h4-7,16-17H,3H2,1-2H3. The lowest BCUT2D eigenvalue weighted by Gasteiger charge is -2.14. The second-order valence-corrected chi connectivity index (χ2v) is 6.60. The lowest BCUT2D eigenvalue weighted by molar-refractivity contribution is 0.409. The molecule has 0 amide bonds. The Bertz CT molecular complexity index is 752. The molecule has 8 heteroatoms. The number of halogens is 1. The Kier molecular flexibility index (Phi) is 3.82. The highest BCUT2D eigenvalue weighted by molar-refractivity contribution is 7.92. The molecule has 0 saturated heterocycles. The van der Waals surface area contributed by atoms with Crippen molar-refractivity contribution in [2.24, 2.45) is 0 Å². The van der Waals surface area contributed by atoms with Gasteiger partial charge < -0.3 is 14.6 Å². The van der Waals surface area contributed by atoms with Crippen LogP contribution in [0.25, 0.3) is 11.3 Å². The van der Waals surface area contributed by atoms with Gasteiger partial charge in [0, 0.05) is 12.6 Å². The Morgan fingerprint density at radius 2 is 1.76 bits per heavy atom. The molecule has 0 unspecified atom stereocenters. The van der Waals surface area contributed by atoms with Gasteiger partial charge in [0.15, 0.2) is 5.76 Å². The van der Waals surface area contributed by atoms with E-state index in [9.17, 15) is 23.0 Å². The minimum absolute atomic E-state index is 0.138. The molecule has 0 fully saturated rings. The summed E-state index contributed by atoms with van der Waals surface area (Å²) in [6.45, 7) is 1.44. The average Bonchev–Trinajstić information content (AvgIpc) is 2.75. The predicted molar refractivity (Wildman–Crippen MR) is 75.3 cm³/mol. The van der Waals surface area contributed by atoms with Crippen LogP contribution >= 0.6 is 0 Å². The van der Waals surface area contributed by atoms with Gasteiger partial charge in [-0.05, 0) is 31.2 Å². The van der Waals surface area contributed by atoms with Gasteiger partial charge in [-0.1, -0.05) is 0 Å². The molecule has 0 aliphatic carbocycles. The molecule has 0 atom stereocenters. The highest BCUT2D eigenvalue weighted by atomic mass is 32.2. The molecule has 114 valence electrons. The summed E-state index contributed by atoms with van der Waals surface area (Å²) in [5, 5.41) is 19.7. The van der Waals surface area contributed by atoms with Crippen LogP contribution in [0.2, 0.25) is 0 Å². The molecule has 1 aromatic carbocycles. The first kappa shape index (κ1) is 15.2. The van der Waals surface area contributed by atoms with Crippen LogP contribution in [0, 0.1) is 5.82 Å². The van der Waals surface area contributed by atoms with Crippen LogP contribution in [0.3, 0.4) is 0 Å². The highest BCUT2D eigenvalue weighted by Gasteiger charge is 2.28. The van der Waals surface area contributed by atoms with E-state index < -0.39 is 33.2 Å². The van der Waals surface area contributed by atoms with Crippen molar-refractivity contribution in [2.75, 3.05) is 17.1 Å². The maximum Gasteiger partial charge on any atom is 0.256 e. The molecule has 0 spiro atoms. The van der Waals surface area contributed by atoms with E-state index in [2.05, 4.69) is 0 Å². The molecule has 0 radical (unpaired) electrons. The van der Waals surface area contributed by atoms with Crippen LogP contribution in [0.1, 0.15) is 6.92 Å². The SMILES string of the molecule is CCS(=O)(=O)N(C)c1oc(-c2ccc(F)cc2)c(O)c1O. The minimum atomic E-state index is -3.66. The van der Waals surface area contributed by atoms with Crippen LogP contribution in [-0.4, -0.2) is 31.4 Å². The molecular weight excluding hydrogens is 301 g/mol. The first-order chi connectivity index (χ1) is 9.77. The minimum Gasteiger partial charge on any atom is -0.502 e.